The Labute approximate surface area is 133 Å². The smallest absolute Gasteiger partial charge is 0.318 e. The molecule has 0 heterocycles. The second-order valence-corrected chi connectivity index (χ2v) is 7.18. The second-order valence-electron chi connectivity index (χ2n) is 7.18. The minimum Gasteiger partial charge on any atom is -0.431 e. The fourth-order valence-corrected chi connectivity index (χ4v) is 2.57. The maximum Gasteiger partial charge on any atom is 0.318 e. The van der Waals surface area contributed by atoms with Crippen LogP contribution in [0.2, 0.25) is 0 Å². The van der Waals surface area contributed by atoms with Crippen LogP contribution in [-0.2, 0) is 19.1 Å². The third-order valence-electron chi connectivity index (χ3n) is 4.56. The van der Waals surface area contributed by atoms with Gasteiger partial charge in [0.05, 0.1) is 5.41 Å². The molecule has 1 rings (SSSR count). The summed E-state index contributed by atoms with van der Waals surface area (Å²) in [6.07, 6.45) is 5.96. The van der Waals surface area contributed by atoms with Gasteiger partial charge in [-0.05, 0) is 45.6 Å². The third kappa shape index (κ3) is 4.52. The van der Waals surface area contributed by atoms with Crippen molar-refractivity contribution in [3.05, 3.63) is 11.8 Å². The van der Waals surface area contributed by atoms with Crippen LogP contribution in [0.5, 0.6) is 0 Å². The molecule has 1 aliphatic carbocycles. The molecule has 0 atom stereocenters. The summed E-state index contributed by atoms with van der Waals surface area (Å²) >= 11 is 0. The minimum atomic E-state index is -1.17. The van der Waals surface area contributed by atoms with Crippen molar-refractivity contribution >= 4 is 17.5 Å². The molecule has 0 amide bonds. The van der Waals surface area contributed by atoms with Crippen LogP contribution in [0.3, 0.4) is 0 Å². The number of hydrogen-bond donors (Lipinski definition) is 0. The first-order chi connectivity index (χ1) is 10.1. The summed E-state index contributed by atoms with van der Waals surface area (Å²) in [4.78, 5) is 36.8. The molecule has 0 radical (unpaired) electrons. The van der Waals surface area contributed by atoms with E-state index in [0.29, 0.717) is 12.2 Å². The van der Waals surface area contributed by atoms with Crippen molar-refractivity contribution in [3.8, 4) is 0 Å². The Morgan fingerprint density at radius 2 is 1.77 bits per heavy atom. The molecule has 0 aromatic heterocycles. The van der Waals surface area contributed by atoms with Crippen LogP contribution in [0.4, 0.5) is 0 Å². The van der Waals surface area contributed by atoms with Crippen molar-refractivity contribution in [2.45, 2.75) is 73.1 Å². The maximum absolute atomic E-state index is 12.5. The monoisotopic (exact) mass is 308 g/mol. The summed E-state index contributed by atoms with van der Waals surface area (Å²) in [6.45, 7) is 8.78. The van der Waals surface area contributed by atoms with E-state index in [1.54, 1.807) is 13.8 Å². The number of Topliss-reactive ketones (excluding diaryl/α,β-unsaturated/α-hetero) is 2. The first-order valence-corrected chi connectivity index (χ1v) is 8.09. The number of carbonyl (C=O) groups is 3. The summed E-state index contributed by atoms with van der Waals surface area (Å²) in [5.74, 6) is -0.409. The predicted molar refractivity (Wildman–Crippen MR) is 85.1 cm³/mol. The molecular weight excluding hydrogens is 280 g/mol. The van der Waals surface area contributed by atoms with Crippen molar-refractivity contribution in [2.24, 2.45) is 10.8 Å². The first kappa shape index (κ1) is 18.6. The van der Waals surface area contributed by atoms with E-state index in [2.05, 4.69) is 0 Å². The van der Waals surface area contributed by atoms with E-state index in [1.165, 1.54) is 0 Å². The van der Waals surface area contributed by atoms with Gasteiger partial charge in [-0.3, -0.25) is 14.4 Å². The molecule has 4 heteroatoms. The quantitative estimate of drug-likeness (QED) is 0.527. The summed E-state index contributed by atoms with van der Waals surface area (Å²) in [7, 11) is 0. The molecule has 124 valence electrons. The Morgan fingerprint density at radius 3 is 2.27 bits per heavy atom. The largest absolute Gasteiger partial charge is 0.431 e. The molecule has 0 saturated carbocycles. The van der Waals surface area contributed by atoms with Gasteiger partial charge in [-0.2, -0.15) is 0 Å². The SMILES string of the molecule is CCC(C)(C)C(=O)C(C)(C)C(=O)CC(=O)OC1=CCCCC1. The normalized spacial score (nSPS) is 16.0. The molecule has 0 bridgehead atoms. The minimum absolute atomic E-state index is 0.128. The zero-order valence-corrected chi connectivity index (χ0v) is 14.5. The molecule has 0 fully saturated rings. The highest BCUT2D eigenvalue weighted by Gasteiger charge is 2.43. The lowest BCUT2D eigenvalue weighted by atomic mass is 9.69. The maximum atomic E-state index is 12.5. The average Bonchev–Trinajstić information content (AvgIpc) is 2.47. The van der Waals surface area contributed by atoms with Crippen LogP contribution >= 0.6 is 0 Å². The predicted octanol–water partition coefficient (Wildman–Crippen LogP) is 3.98. The van der Waals surface area contributed by atoms with Gasteiger partial charge in [-0.1, -0.05) is 20.8 Å². The zero-order chi connectivity index (χ0) is 17.0. The van der Waals surface area contributed by atoms with Gasteiger partial charge < -0.3 is 4.74 Å². The summed E-state index contributed by atoms with van der Waals surface area (Å²) in [5, 5.41) is 0. The Balaban J connectivity index is 2.68. The van der Waals surface area contributed by atoms with Gasteiger partial charge in [0.1, 0.15) is 12.2 Å². The topological polar surface area (TPSA) is 60.4 Å². The van der Waals surface area contributed by atoms with Gasteiger partial charge in [-0.15, -0.1) is 0 Å². The molecule has 0 aromatic carbocycles. The molecule has 0 aromatic rings. The Kier molecular flexibility index (Phi) is 6.09. The lowest BCUT2D eigenvalue weighted by molar-refractivity contribution is -0.149. The van der Waals surface area contributed by atoms with Gasteiger partial charge in [-0.25, -0.2) is 0 Å². The highest BCUT2D eigenvalue weighted by molar-refractivity contribution is 6.12. The fraction of sp³-hybridized carbons (Fsp3) is 0.722. The fourth-order valence-electron chi connectivity index (χ4n) is 2.57. The van der Waals surface area contributed by atoms with E-state index in [0.717, 1.165) is 25.7 Å². The molecule has 22 heavy (non-hydrogen) atoms. The lowest BCUT2D eigenvalue weighted by Crippen LogP contribution is -2.42. The highest BCUT2D eigenvalue weighted by atomic mass is 16.5. The van der Waals surface area contributed by atoms with Gasteiger partial charge in [0, 0.05) is 11.8 Å². The van der Waals surface area contributed by atoms with Crippen molar-refractivity contribution in [2.75, 3.05) is 0 Å². The number of esters is 1. The van der Waals surface area contributed by atoms with Crippen LogP contribution in [0.15, 0.2) is 11.8 Å². The number of carbonyl (C=O) groups excluding carboxylic acids is 3. The molecular formula is C18H28O4. The van der Waals surface area contributed by atoms with Crippen LogP contribution in [-0.4, -0.2) is 17.5 Å². The summed E-state index contributed by atoms with van der Waals surface area (Å²) < 4.78 is 5.24. The molecule has 0 spiro atoms. The molecule has 4 nitrogen and oxygen atoms in total. The third-order valence-corrected chi connectivity index (χ3v) is 4.56. The van der Waals surface area contributed by atoms with Crippen LogP contribution in [0.25, 0.3) is 0 Å². The highest BCUT2D eigenvalue weighted by Crippen LogP contribution is 2.33. The van der Waals surface area contributed by atoms with E-state index in [1.807, 2.05) is 26.8 Å². The van der Waals surface area contributed by atoms with E-state index < -0.39 is 16.8 Å². The van der Waals surface area contributed by atoms with Gasteiger partial charge in [0.15, 0.2) is 11.6 Å². The number of hydrogen-bond acceptors (Lipinski definition) is 4. The molecule has 0 N–H and O–H groups in total. The number of allylic oxidation sites excluding steroid dienone is 2. The van der Waals surface area contributed by atoms with Gasteiger partial charge in [0.2, 0.25) is 0 Å². The van der Waals surface area contributed by atoms with Crippen molar-refractivity contribution in [1.29, 1.82) is 0 Å². The van der Waals surface area contributed by atoms with Gasteiger partial charge in [0.25, 0.3) is 0 Å². The first-order valence-electron chi connectivity index (χ1n) is 8.09. The molecule has 0 unspecified atom stereocenters. The van der Waals surface area contributed by atoms with Crippen molar-refractivity contribution < 1.29 is 19.1 Å². The van der Waals surface area contributed by atoms with E-state index in [4.69, 9.17) is 4.74 Å². The lowest BCUT2D eigenvalue weighted by Gasteiger charge is -2.31. The molecule has 1 aliphatic rings. The second kappa shape index (κ2) is 7.21. The zero-order valence-electron chi connectivity index (χ0n) is 14.5. The van der Waals surface area contributed by atoms with E-state index in [-0.39, 0.29) is 18.0 Å². The van der Waals surface area contributed by atoms with E-state index in [9.17, 15) is 14.4 Å². The number of rotatable bonds is 7. The van der Waals surface area contributed by atoms with Crippen LogP contribution in [0.1, 0.15) is 73.1 Å². The number of ketones is 2. The molecule has 0 saturated heterocycles. The van der Waals surface area contributed by atoms with Crippen LogP contribution in [0, 0.1) is 10.8 Å². The summed E-state index contributed by atoms with van der Waals surface area (Å²) in [6, 6.07) is 0. The van der Waals surface area contributed by atoms with Crippen LogP contribution < -0.4 is 0 Å². The number of ether oxygens (including phenoxy) is 1. The van der Waals surface area contributed by atoms with Crippen molar-refractivity contribution in [3.63, 3.8) is 0 Å². The Morgan fingerprint density at radius 1 is 1.14 bits per heavy atom. The van der Waals surface area contributed by atoms with Gasteiger partial charge >= 0.3 is 5.97 Å². The molecule has 0 aliphatic heterocycles. The standard InChI is InChI=1S/C18H28O4/c1-6-17(2,3)16(21)18(4,5)14(19)12-15(20)22-13-10-8-7-9-11-13/h10H,6-9,11-12H2,1-5H3. The Bertz CT molecular complexity index is 483. The Hall–Kier alpha value is -1.45. The average molecular weight is 308 g/mol. The van der Waals surface area contributed by atoms with E-state index >= 15 is 0 Å². The van der Waals surface area contributed by atoms with Crippen molar-refractivity contribution in [1.82, 2.24) is 0 Å². The summed E-state index contributed by atoms with van der Waals surface area (Å²) in [5.41, 5.74) is -1.74.